The van der Waals surface area contributed by atoms with Crippen LogP contribution in [-0.2, 0) is 11.8 Å². The Morgan fingerprint density at radius 2 is 1.79 bits per heavy atom. The Morgan fingerprint density at radius 3 is 2.45 bits per heavy atom. The molecular weight excluding hydrogens is 412 g/mol. The van der Waals surface area contributed by atoms with Crippen molar-refractivity contribution in [2.24, 2.45) is 0 Å². The van der Waals surface area contributed by atoms with E-state index in [9.17, 15) is 4.79 Å². The number of piperidine rings is 1. The highest BCUT2D eigenvalue weighted by Crippen LogP contribution is 2.36. The van der Waals surface area contributed by atoms with Crippen LogP contribution in [0.25, 0.3) is 11.1 Å². The predicted molar refractivity (Wildman–Crippen MR) is 128 cm³/mol. The van der Waals surface area contributed by atoms with E-state index in [4.69, 9.17) is 4.98 Å². The van der Waals surface area contributed by atoms with Gasteiger partial charge in [0.2, 0.25) is 0 Å². The van der Waals surface area contributed by atoms with Gasteiger partial charge in [0.05, 0.1) is 17.3 Å². The quantitative estimate of drug-likeness (QED) is 0.554. The third-order valence-electron chi connectivity index (χ3n) is 5.98. The van der Waals surface area contributed by atoms with Crippen molar-refractivity contribution < 1.29 is 4.79 Å². The average Bonchev–Trinajstić information content (AvgIpc) is 2.84. The van der Waals surface area contributed by atoms with Crippen molar-refractivity contribution in [1.29, 1.82) is 0 Å². The van der Waals surface area contributed by atoms with E-state index in [2.05, 4.69) is 47.6 Å². The maximum atomic E-state index is 13.6. The third-order valence-corrected chi connectivity index (χ3v) is 5.98. The van der Waals surface area contributed by atoms with E-state index < -0.39 is 0 Å². The van der Waals surface area contributed by atoms with E-state index in [1.165, 1.54) is 0 Å². The molecule has 3 aromatic heterocycles. The maximum Gasteiger partial charge on any atom is 0.257 e. The first-order valence-corrected chi connectivity index (χ1v) is 11.8. The van der Waals surface area contributed by atoms with Crippen molar-refractivity contribution in [1.82, 2.24) is 29.8 Å². The van der Waals surface area contributed by atoms with Crippen LogP contribution < -0.4 is 0 Å². The average molecular weight is 445 g/mol. The minimum absolute atomic E-state index is 0.0449. The van der Waals surface area contributed by atoms with E-state index in [0.29, 0.717) is 12.1 Å². The molecule has 0 radical (unpaired) electrons. The molecule has 172 valence electrons. The van der Waals surface area contributed by atoms with Crippen molar-refractivity contribution in [3.63, 3.8) is 0 Å². The fourth-order valence-corrected chi connectivity index (χ4v) is 4.24. The molecule has 7 heteroatoms. The Labute approximate surface area is 195 Å². The van der Waals surface area contributed by atoms with Gasteiger partial charge in [-0.2, -0.15) is 0 Å². The van der Waals surface area contributed by atoms with E-state index in [1.807, 2.05) is 23.2 Å². The van der Waals surface area contributed by atoms with Gasteiger partial charge in [-0.3, -0.25) is 9.78 Å². The summed E-state index contributed by atoms with van der Waals surface area (Å²) >= 11 is 0. The Balaban J connectivity index is 1.72. The molecule has 0 aliphatic carbocycles. The number of hydrogen-bond donors (Lipinski definition) is 0. The number of nitrogens with zero attached hydrogens (tertiary/aromatic N) is 6. The number of aromatic nitrogens is 5. The molecule has 1 aliphatic heterocycles. The van der Waals surface area contributed by atoms with Gasteiger partial charge in [-0.05, 0) is 43.4 Å². The van der Waals surface area contributed by atoms with Crippen molar-refractivity contribution in [2.45, 2.75) is 71.3 Å². The first-order chi connectivity index (χ1) is 15.9. The monoisotopic (exact) mass is 444 g/mol. The van der Waals surface area contributed by atoms with Crippen molar-refractivity contribution in [3.05, 3.63) is 66.0 Å². The summed E-state index contributed by atoms with van der Waals surface area (Å²) in [5, 5.41) is 0. The fraction of sp³-hybridized carbons (Fsp3) is 0.462. The van der Waals surface area contributed by atoms with Gasteiger partial charge in [0.15, 0.2) is 0 Å². The molecule has 3 aromatic rings. The number of rotatable bonds is 5. The normalized spacial score (nSPS) is 16.6. The predicted octanol–water partition coefficient (Wildman–Crippen LogP) is 4.95. The molecule has 7 nitrogen and oxygen atoms in total. The number of aryl methyl sites for hydroxylation is 1. The number of pyridine rings is 1. The van der Waals surface area contributed by atoms with Gasteiger partial charge in [-0.25, -0.2) is 19.9 Å². The second kappa shape index (κ2) is 9.73. The highest BCUT2D eigenvalue weighted by atomic mass is 16.2. The summed E-state index contributed by atoms with van der Waals surface area (Å²) in [7, 11) is 0. The number of carbonyl (C=O) groups excluding carboxylic acids is 1. The van der Waals surface area contributed by atoms with Crippen LogP contribution in [0.1, 0.15) is 87.1 Å². The molecule has 33 heavy (non-hydrogen) atoms. The second-order valence-electron chi connectivity index (χ2n) is 9.63. The van der Waals surface area contributed by atoms with Gasteiger partial charge in [-0.1, -0.05) is 27.7 Å². The van der Waals surface area contributed by atoms with Gasteiger partial charge in [-0.15, -0.1) is 0 Å². The van der Waals surface area contributed by atoms with Crippen LogP contribution in [0.3, 0.4) is 0 Å². The Kier molecular flexibility index (Phi) is 6.77. The fourth-order valence-electron chi connectivity index (χ4n) is 4.24. The molecule has 0 spiro atoms. The van der Waals surface area contributed by atoms with Crippen LogP contribution >= 0.6 is 0 Å². The lowest BCUT2D eigenvalue weighted by atomic mass is 9.93. The lowest BCUT2D eigenvalue weighted by molar-refractivity contribution is 0.0605. The summed E-state index contributed by atoms with van der Waals surface area (Å²) in [6.45, 7) is 9.00. The van der Waals surface area contributed by atoms with Crippen molar-refractivity contribution >= 4 is 5.91 Å². The highest BCUT2D eigenvalue weighted by molar-refractivity contribution is 5.94. The number of amides is 1. The molecule has 1 fully saturated rings. The van der Waals surface area contributed by atoms with Crippen molar-refractivity contribution in [3.8, 4) is 11.1 Å². The lowest BCUT2D eigenvalue weighted by Gasteiger charge is -2.36. The van der Waals surface area contributed by atoms with Crippen LogP contribution in [0.2, 0.25) is 0 Å². The number of carbonyl (C=O) groups is 1. The van der Waals surface area contributed by atoms with Crippen LogP contribution in [0, 0.1) is 0 Å². The minimum atomic E-state index is -0.161. The summed E-state index contributed by atoms with van der Waals surface area (Å²) < 4.78 is 0. The van der Waals surface area contributed by atoms with Gasteiger partial charge >= 0.3 is 0 Å². The van der Waals surface area contributed by atoms with Gasteiger partial charge < -0.3 is 4.90 Å². The Morgan fingerprint density at radius 1 is 1.06 bits per heavy atom. The summed E-state index contributed by atoms with van der Waals surface area (Å²) in [6.07, 6.45) is 13.5. The third kappa shape index (κ3) is 5.07. The first-order valence-electron chi connectivity index (χ1n) is 11.8. The molecule has 0 aromatic carbocycles. The maximum absolute atomic E-state index is 13.6. The van der Waals surface area contributed by atoms with Gasteiger partial charge in [0.1, 0.15) is 11.6 Å². The van der Waals surface area contributed by atoms with Crippen LogP contribution in [-0.4, -0.2) is 42.3 Å². The summed E-state index contributed by atoms with van der Waals surface area (Å²) in [4.78, 5) is 38.2. The molecule has 0 bridgehead atoms. The zero-order chi connectivity index (χ0) is 23.4. The second-order valence-corrected chi connectivity index (χ2v) is 9.63. The topological polar surface area (TPSA) is 84.8 Å². The Bertz CT molecular complexity index is 1090. The van der Waals surface area contributed by atoms with E-state index >= 15 is 0 Å². The molecule has 0 saturated carbocycles. The molecule has 1 atom stereocenters. The first kappa shape index (κ1) is 23.0. The lowest BCUT2D eigenvalue weighted by Crippen LogP contribution is -2.39. The molecular formula is C26H32N6O. The standard InChI is InChI=1S/C26H32N6O/c1-5-8-22-28-17-20(18-10-12-27-13-11-18)23(31-22)21-9-6-7-14-32(21)24(33)19-15-29-25(30-16-19)26(2,3)4/h10-13,15-17,21H,5-9,14H2,1-4H3. The molecule has 1 unspecified atom stereocenters. The SMILES string of the molecule is CCCc1ncc(-c2ccncc2)c(C2CCCCN2C(=O)c2cnc(C(C)(C)C)nc2)n1. The largest absolute Gasteiger partial charge is 0.330 e. The van der Waals surface area contributed by atoms with E-state index in [1.54, 1.807) is 24.8 Å². The summed E-state index contributed by atoms with van der Waals surface area (Å²) in [6, 6.07) is 3.82. The highest BCUT2D eigenvalue weighted by Gasteiger charge is 2.32. The van der Waals surface area contributed by atoms with E-state index in [-0.39, 0.29) is 17.4 Å². The number of likely N-dealkylation sites (tertiary alicyclic amines) is 1. The van der Waals surface area contributed by atoms with Gasteiger partial charge in [0, 0.05) is 54.9 Å². The summed E-state index contributed by atoms with van der Waals surface area (Å²) in [5.41, 5.74) is 3.24. The molecule has 1 saturated heterocycles. The minimum Gasteiger partial charge on any atom is -0.330 e. The van der Waals surface area contributed by atoms with Gasteiger partial charge in [0.25, 0.3) is 5.91 Å². The summed E-state index contributed by atoms with van der Waals surface area (Å²) in [5.74, 6) is 1.51. The zero-order valence-electron chi connectivity index (χ0n) is 20.0. The van der Waals surface area contributed by atoms with Crippen LogP contribution in [0.15, 0.2) is 43.1 Å². The zero-order valence-corrected chi connectivity index (χ0v) is 20.0. The van der Waals surface area contributed by atoms with Crippen LogP contribution in [0.5, 0.6) is 0 Å². The molecule has 1 aliphatic rings. The number of hydrogen-bond acceptors (Lipinski definition) is 6. The molecule has 4 heterocycles. The van der Waals surface area contributed by atoms with Crippen LogP contribution in [0.4, 0.5) is 0 Å². The molecule has 1 amide bonds. The van der Waals surface area contributed by atoms with E-state index in [0.717, 1.165) is 60.6 Å². The molecule has 0 N–H and O–H groups in total. The molecule has 4 rings (SSSR count). The Hall–Kier alpha value is -3.22. The van der Waals surface area contributed by atoms with Crippen molar-refractivity contribution in [2.75, 3.05) is 6.54 Å². The smallest absolute Gasteiger partial charge is 0.257 e.